The Balaban J connectivity index is 1.53. The summed E-state index contributed by atoms with van der Waals surface area (Å²) in [6.07, 6.45) is 1.50. The summed E-state index contributed by atoms with van der Waals surface area (Å²) in [4.78, 5) is 18.7. The topological polar surface area (TPSA) is 80.5 Å². The lowest BCUT2D eigenvalue weighted by Gasteiger charge is -2.22. The van der Waals surface area contributed by atoms with Crippen LogP contribution in [-0.4, -0.2) is 34.7 Å². The van der Waals surface area contributed by atoms with Crippen molar-refractivity contribution >= 4 is 11.7 Å². The van der Waals surface area contributed by atoms with Crippen molar-refractivity contribution in [3.63, 3.8) is 0 Å². The Labute approximate surface area is 161 Å². The number of carbonyl (C=O) groups is 1. The first-order valence-electron chi connectivity index (χ1n) is 8.96. The number of carbonyl (C=O) groups excluding carboxylic acids is 1. The van der Waals surface area contributed by atoms with Crippen molar-refractivity contribution in [2.24, 2.45) is 0 Å². The van der Waals surface area contributed by atoms with Gasteiger partial charge in [-0.1, -0.05) is 29.4 Å². The van der Waals surface area contributed by atoms with Crippen molar-refractivity contribution in [3.05, 3.63) is 60.2 Å². The molecular weight excluding hydrogens is 363 g/mol. The Bertz CT molecular complexity index is 991. The van der Waals surface area contributed by atoms with Crippen molar-refractivity contribution in [2.75, 3.05) is 19.0 Å². The zero-order valence-corrected chi connectivity index (χ0v) is 15.3. The van der Waals surface area contributed by atoms with Crippen molar-refractivity contribution in [1.82, 2.24) is 15.0 Å². The lowest BCUT2D eigenvalue weighted by atomic mass is 10.2. The first-order chi connectivity index (χ1) is 13.7. The molecule has 2 aromatic carbocycles. The van der Waals surface area contributed by atoms with E-state index >= 15 is 0 Å². The minimum atomic E-state index is -0.482. The Morgan fingerprint density at radius 1 is 1.29 bits per heavy atom. The highest BCUT2D eigenvalue weighted by Gasteiger charge is 2.34. The number of nitrogens with one attached hydrogen (secondary N) is 1. The molecule has 1 atom stereocenters. The zero-order chi connectivity index (χ0) is 19.5. The van der Waals surface area contributed by atoms with E-state index in [1.807, 2.05) is 24.3 Å². The van der Waals surface area contributed by atoms with Crippen LogP contribution in [0, 0.1) is 5.82 Å². The van der Waals surface area contributed by atoms with Gasteiger partial charge in [0.25, 0.3) is 0 Å². The summed E-state index contributed by atoms with van der Waals surface area (Å²) >= 11 is 0. The SMILES string of the molecule is COc1cccc(-c2noc([C@@H]3CCCN3C(=O)Nc3ccccc3F)n2)c1. The number of benzene rings is 2. The molecule has 2 heterocycles. The number of methoxy groups -OCH3 is 1. The standard InChI is InChI=1S/C20H19FN4O3/c1-27-14-7-4-6-13(12-14)18-23-19(28-24-18)17-10-5-11-25(17)20(26)22-16-9-3-2-8-15(16)21/h2-4,6-9,12,17H,5,10-11H2,1H3,(H,22,26)/t17-/m0/s1. The Morgan fingerprint density at radius 2 is 2.14 bits per heavy atom. The van der Waals surface area contributed by atoms with Crippen LogP contribution < -0.4 is 10.1 Å². The third kappa shape index (κ3) is 3.53. The molecular formula is C20H19FN4O3. The average Bonchev–Trinajstić information content (AvgIpc) is 3.39. The van der Waals surface area contributed by atoms with Gasteiger partial charge in [-0.2, -0.15) is 4.98 Å². The predicted octanol–water partition coefficient (Wildman–Crippen LogP) is 4.25. The fourth-order valence-electron chi connectivity index (χ4n) is 3.27. The first-order valence-corrected chi connectivity index (χ1v) is 8.96. The number of nitrogens with zero attached hydrogens (tertiary/aromatic N) is 3. The number of para-hydroxylation sites is 1. The normalized spacial score (nSPS) is 16.2. The maximum atomic E-state index is 13.8. The second kappa shape index (κ2) is 7.67. The van der Waals surface area contributed by atoms with E-state index in [2.05, 4.69) is 15.5 Å². The maximum absolute atomic E-state index is 13.8. The number of amides is 2. The first kappa shape index (κ1) is 18.0. The maximum Gasteiger partial charge on any atom is 0.322 e. The second-order valence-electron chi connectivity index (χ2n) is 6.45. The van der Waals surface area contributed by atoms with E-state index in [4.69, 9.17) is 9.26 Å². The molecule has 28 heavy (non-hydrogen) atoms. The van der Waals surface area contributed by atoms with E-state index in [9.17, 15) is 9.18 Å². The fourth-order valence-corrected chi connectivity index (χ4v) is 3.27. The molecule has 7 nitrogen and oxygen atoms in total. The summed E-state index contributed by atoms with van der Waals surface area (Å²) in [7, 11) is 1.59. The molecule has 1 saturated heterocycles. The Kier molecular flexibility index (Phi) is 4.92. The van der Waals surface area contributed by atoms with Crippen LogP contribution in [0.1, 0.15) is 24.8 Å². The highest BCUT2D eigenvalue weighted by molar-refractivity contribution is 5.89. The third-order valence-electron chi connectivity index (χ3n) is 4.68. The second-order valence-corrected chi connectivity index (χ2v) is 6.45. The van der Waals surface area contributed by atoms with Gasteiger partial charge in [0, 0.05) is 12.1 Å². The van der Waals surface area contributed by atoms with Crippen molar-refractivity contribution in [3.8, 4) is 17.1 Å². The number of likely N-dealkylation sites (tertiary alicyclic amines) is 1. The zero-order valence-electron chi connectivity index (χ0n) is 15.3. The van der Waals surface area contributed by atoms with Crippen LogP contribution in [0.5, 0.6) is 5.75 Å². The lowest BCUT2D eigenvalue weighted by Crippen LogP contribution is -2.34. The molecule has 1 N–H and O–H groups in total. The molecule has 1 aromatic heterocycles. The number of hydrogen-bond acceptors (Lipinski definition) is 5. The predicted molar refractivity (Wildman–Crippen MR) is 100 cm³/mol. The van der Waals surface area contributed by atoms with E-state index in [-0.39, 0.29) is 11.7 Å². The molecule has 0 aliphatic carbocycles. The van der Waals surface area contributed by atoms with Gasteiger partial charge >= 0.3 is 6.03 Å². The van der Waals surface area contributed by atoms with E-state index in [1.54, 1.807) is 24.1 Å². The Hall–Kier alpha value is -3.42. The van der Waals surface area contributed by atoms with Crippen molar-refractivity contribution in [1.29, 1.82) is 0 Å². The third-order valence-corrected chi connectivity index (χ3v) is 4.68. The highest BCUT2D eigenvalue weighted by atomic mass is 19.1. The smallest absolute Gasteiger partial charge is 0.322 e. The summed E-state index contributed by atoms with van der Waals surface area (Å²) in [6.45, 7) is 0.530. The number of rotatable bonds is 4. The molecule has 0 spiro atoms. The van der Waals surface area contributed by atoms with Crippen LogP contribution in [0.15, 0.2) is 53.1 Å². The van der Waals surface area contributed by atoms with Gasteiger partial charge in [-0.05, 0) is 37.1 Å². The van der Waals surface area contributed by atoms with Crippen LogP contribution in [-0.2, 0) is 0 Å². The van der Waals surface area contributed by atoms with Crippen molar-refractivity contribution < 1.29 is 18.4 Å². The van der Waals surface area contributed by atoms with Gasteiger partial charge in [0.05, 0.1) is 12.8 Å². The largest absolute Gasteiger partial charge is 0.497 e. The molecule has 3 aromatic rings. The van der Waals surface area contributed by atoms with Gasteiger partial charge in [0.15, 0.2) is 0 Å². The molecule has 1 aliphatic heterocycles. The molecule has 0 radical (unpaired) electrons. The summed E-state index contributed by atoms with van der Waals surface area (Å²) in [5.41, 5.74) is 0.899. The molecule has 144 valence electrons. The van der Waals surface area contributed by atoms with Crippen LogP contribution in [0.2, 0.25) is 0 Å². The van der Waals surface area contributed by atoms with Gasteiger partial charge < -0.3 is 19.5 Å². The molecule has 2 amide bonds. The molecule has 0 saturated carbocycles. The van der Waals surface area contributed by atoms with E-state index in [0.29, 0.717) is 30.4 Å². The highest BCUT2D eigenvalue weighted by Crippen LogP contribution is 2.33. The summed E-state index contributed by atoms with van der Waals surface area (Å²) in [5.74, 6) is 0.995. The summed E-state index contributed by atoms with van der Waals surface area (Å²) < 4.78 is 24.5. The minimum absolute atomic E-state index is 0.140. The van der Waals surface area contributed by atoms with Crippen LogP contribution in [0.3, 0.4) is 0 Å². The number of hydrogen-bond donors (Lipinski definition) is 1. The van der Waals surface area contributed by atoms with Gasteiger partial charge in [0.2, 0.25) is 11.7 Å². The number of ether oxygens (including phenoxy) is 1. The van der Waals surface area contributed by atoms with Gasteiger partial charge in [-0.25, -0.2) is 9.18 Å². The quantitative estimate of drug-likeness (QED) is 0.729. The molecule has 8 heteroatoms. The van der Waals surface area contributed by atoms with Crippen LogP contribution in [0.4, 0.5) is 14.9 Å². The number of urea groups is 1. The minimum Gasteiger partial charge on any atom is -0.497 e. The van der Waals surface area contributed by atoms with Crippen molar-refractivity contribution in [2.45, 2.75) is 18.9 Å². The molecule has 4 rings (SSSR count). The summed E-state index contributed by atoms with van der Waals surface area (Å²) in [6, 6.07) is 12.7. The fraction of sp³-hybridized carbons (Fsp3) is 0.250. The number of aromatic nitrogens is 2. The molecule has 0 unspecified atom stereocenters. The van der Waals surface area contributed by atoms with Crippen LogP contribution in [0.25, 0.3) is 11.4 Å². The summed E-state index contributed by atoms with van der Waals surface area (Å²) in [5, 5.41) is 6.65. The average molecular weight is 382 g/mol. The van der Waals surface area contributed by atoms with E-state index in [1.165, 1.54) is 12.1 Å². The van der Waals surface area contributed by atoms with Crippen LogP contribution >= 0.6 is 0 Å². The molecule has 1 aliphatic rings. The van der Waals surface area contributed by atoms with E-state index in [0.717, 1.165) is 12.0 Å². The lowest BCUT2D eigenvalue weighted by molar-refractivity contribution is 0.193. The van der Waals surface area contributed by atoms with Gasteiger partial charge in [-0.15, -0.1) is 0 Å². The number of anilines is 1. The van der Waals surface area contributed by atoms with Gasteiger partial charge in [-0.3, -0.25) is 0 Å². The monoisotopic (exact) mass is 382 g/mol. The Morgan fingerprint density at radius 3 is 2.96 bits per heavy atom. The molecule has 0 bridgehead atoms. The number of halogens is 1. The van der Waals surface area contributed by atoms with E-state index < -0.39 is 11.8 Å². The molecule has 1 fully saturated rings. The van der Waals surface area contributed by atoms with Gasteiger partial charge in [0.1, 0.15) is 17.6 Å².